The van der Waals surface area contributed by atoms with Crippen molar-refractivity contribution in [3.8, 4) is 11.4 Å². The molecule has 0 saturated heterocycles. The number of hydrogen-bond donors (Lipinski definition) is 2. The molecule has 2 amide bonds. The summed E-state index contributed by atoms with van der Waals surface area (Å²) in [6, 6.07) is 15.0. The largest absolute Gasteiger partial charge is 0.508 e. The maximum absolute atomic E-state index is 12.6. The fourth-order valence-electron chi connectivity index (χ4n) is 3.29. The Bertz CT molecular complexity index is 921. The van der Waals surface area contributed by atoms with Crippen molar-refractivity contribution in [3.05, 3.63) is 77.6 Å². The van der Waals surface area contributed by atoms with E-state index in [2.05, 4.69) is 10.4 Å². The molecule has 1 aliphatic heterocycles. The Hall–Kier alpha value is -3.28. The minimum absolute atomic E-state index is 0.103. The molecule has 1 aliphatic rings. The Labute approximate surface area is 151 Å². The van der Waals surface area contributed by atoms with E-state index in [0.29, 0.717) is 19.6 Å². The Kier molecular flexibility index (Phi) is 4.31. The molecule has 0 unspecified atom stereocenters. The highest BCUT2D eigenvalue weighted by molar-refractivity contribution is 5.74. The van der Waals surface area contributed by atoms with Gasteiger partial charge in [-0.25, -0.2) is 9.48 Å². The second-order valence-electron chi connectivity index (χ2n) is 6.36. The molecule has 1 aromatic heterocycles. The predicted octanol–water partition coefficient (Wildman–Crippen LogP) is 2.85. The van der Waals surface area contributed by atoms with Gasteiger partial charge in [0.25, 0.3) is 0 Å². The quantitative estimate of drug-likeness (QED) is 0.765. The van der Waals surface area contributed by atoms with Crippen LogP contribution in [0.3, 0.4) is 0 Å². The number of amides is 2. The van der Waals surface area contributed by atoms with Crippen LogP contribution in [-0.4, -0.2) is 32.4 Å². The van der Waals surface area contributed by atoms with Crippen LogP contribution in [0.2, 0.25) is 0 Å². The van der Waals surface area contributed by atoms with E-state index in [1.807, 2.05) is 42.6 Å². The molecule has 0 atom stereocenters. The van der Waals surface area contributed by atoms with Crippen LogP contribution in [0.5, 0.6) is 5.75 Å². The molecule has 0 bridgehead atoms. The lowest BCUT2D eigenvalue weighted by Crippen LogP contribution is -2.42. The zero-order chi connectivity index (χ0) is 17.9. The number of nitrogens with zero attached hydrogens (tertiary/aromatic N) is 3. The Morgan fingerprint density at radius 1 is 1.15 bits per heavy atom. The van der Waals surface area contributed by atoms with Crippen molar-refractivity contribution in [2.75, 3.05) is 6.54 Å². The summed E-state index contributed by atoms with van der Waals surface area (Å²) in [5, 5.41) is 16.9. The highest BCUT2D eigenvalue weighted by Crippen LogP contribution is 2.23. The molecule has 0 spiro atoms. The van der Waals surface area contributed by atoms with Crippen LogP contribution in [0.15, 0.2) is 60.9 Å². The van der Waals surface area contributed by atoms with E-state index in [-0.39, 0.29) is 11.8 Å². The minimum Gasteiger partial charge on any atom is -0.508 e. The summed E-state index contributed by atoms with van der Waals surface area (Å²) in [5.74, 6) is 0.235. The van der Waals surface area contributed by atoms with Gasteiger partial charge in [0.2, 0.25) is 0 Å². The number of nitrogens with one attached hydrogen (secondary N) is 1. The van der Waals surface area contributed by atoms with Crippen molar-refractivity contribution < 1.29 is 9.90 Å². The normalized spacial score (nSPS) is 13.3. The number of benzene rings is 2. The van der Waals surface area contributed by atoms with Gasteiger partial charge < -0.3 is 15.3 Å². The highest BCUT2D eigenvalue weighted by atomic mass is 16.3. The van der Waals surface area contributed by atoms with Crippen LogP contribution >= 0.6 is 0 Å². The van der Waals surface area contributed by atoms with Crippen LogP contribution in [0.1, 0.15) is 16.7 Å². The molecule has 6 heteroatoms. The van der Waals surface area contributed by atoms with Gasteiger partial charge in [-0.3, -0.25) is 0 Å². The Morgan fingerprint density at radius 3 is 2.88 bits per heavy atom. The summed E-state index contributed by atoms with van der Waals surface area (Å²) >= 11 is 0. The lowest BCUT2D eigenvalue weighted by Gasteiger charge is -2.29. The van der Waals surface area contributed by atoms with Crippen LogP contribution in [0.4, 0.5) is 4.79 Å². The highest BCUT2D eigenvalue weighted by Gasteiger charge is 2.21. The first-order valence-corrected chi connectivity index (χ1v) is 8.62. The van der Waals surface area contributed by atoms with Crippen LogP contribution in [0.25, 0.3) is 5.69 Å². The summed E-state index contributed by atoms with van der Waals surface area (Å²) in [7, 11) is 0. The summed E-state index contributed by atoms with van der Waals surface area (Å²) in [6.07, 6.45) is 4.41. The van der Waals surface area contributed by atoms with E-state index in [4.69, 9.17) is 0 Å². The first-order valence-electron chi connectivity index (χ1n) is 8.62. The lowest BCUT2D eigenvalue weighted by atomic mass is 10.00. The Morgan fingerprint density at radius 2 is 2.04 bits per heavy atom. The van der Waals surface area contributed by atoms with Crippen molar-refractivity contribution in [3.63, 3.8) is 0 Å². The zero-order valence-corrected chi connectivity index (χ0v) is 14.3. The molecule has 0 aliphatic carbocycles. The SMILES string of the molecule is O=C(NCc1ccccc1-n1cccn1)N1CCc2ccc(O)cc2C1. The van der Waals surface area contributed by atoms with Crippen molar-refractivity contribution >= 4 is 6.03 Å². The predicted molar refractivity (Wildman–Crippen MR) is 98.0 cm³/mol. The maximum Gasteiger partial charge on any atom is 0.317 e. The number of rotatable bonds is 3. The summed E-state index contributed by atoms with van der Waals surface area (Å²) < 4.78 is 1.79. The number of hydrogen-bond acceptors (Lipinski definition) is 3. The van der Waals surface area contributed by atoms with Gasteiger partial charge in [-0.2, -0.15) is 5.10 Å². The minimum atomic E-state index is -0.103. The smallest absolute Gasteiger partial charge is 0.317 e. The molecule has 2 N–H and O–H groups in total. The average Bonchev–Trinajstić information content (AvgIpc) is 3.20. The van der Waals surface area contributed by atoms with E-state index in [1.165, 1.54) is 5.56 Å². The van der Waals surface area contributed by atoms with Crippen molar-refractivity contribution in [2.45, 2.75) is 19.5 Å². The summed E-state index contributed by atoms with van der Waals surface area (Å²) in [6.45, 7) is 1.61. The molecule has 0 fully saturated rings. The average molecular weight is 348 g/mol. The second-order valence-corrected chi connectivity index (χ2v) is 6.36. The monoisotopic (exact) mass is 348 g/mol. The molecular formula is C20H20N4O2. The topological polar surface area (TPSA) is 70.4 Å². The van der Waals surface area contributed by atoms with E-state index < -0.39 is 0 Å². The van der Waals surface area contributed by atoms with E-state index in [9.17, 15) is 9.90 Å². The van der Waals surface area contributed by atoms with Crippen molar-refractivity contribution in [1.82, 2.24) is 20.0 Å². The standard InChI is InChI=1S/C20H20N4O2/c25-18-7-6-15-8-11-23(14-17(15)12-18)20(26)21-13-16-4-1-2-5-19(16)24-10-3-9-22-24/h1-7,9-10,12,25H,8,11,13-14H2,(H,21,26). The summed E-state index contributed by atoms with van der Waals surface area (Å²) in [4.78, 5) is 14.4. The molecule has 2 heterocycles. The summed E-state index contributed by atoms with van der Waals surface area (Å²) in [5.41, 5.74) is 4.14. The van der Waals surface area contributed by atoms with Crippen molar-refractivity contribution in [1.29, 1.82) is 0 Å². The number of aromatic nitrogens is 2. The molecule has 3 aromatic rings. The number of carbonyl (C=O) groups excluding carboxylic acids is 1. The molecular weight excluding hydrogens is 328 g/mol. The van der Waals surface area contributed by atoms with E-state index in [0.717, 1.165) is 23.2 Å². The van der Waals surface area contributed by atoms with Gasteiger partial charge in [-0.1, -0.05) is 24.3 Å². The number of carbonyl (C=O) groups is 1. The van der Waals surface area contributed by atoms with Gasteiger partial charge >= 0.3 is 6.03 Å². The molecule has 6 nitrogen and oxygen atoms in total. The fraction of sp³-hybridized carbons (Fsp3) is 0.200. The van der Waals surface area contributed by atoms with E-state index >= 15 is 0 Å². The maximum atomic E-state index is 12.6. The van der Waals surface area contributed by atoms with Crippen LogP contribution < -0.4 is 5.32 Å². The third kappa shape index (κ3) is 3.26. The third-order valence-corrected chi connectivity index (χ3v) is 4.66. The molecule has 0 saturated carbocycles. The number of aromatic hydroxyl groups is 1. The molecule has 4 rings (SSSR count). The number of phenolic OH excluding ortho intramolecular Hbond substituents is 1. The van der Waals surface area contributed by atoms with Gasteiger partial charge in [0.15, 0.2) is 0 Å². The molecule has 2 aromatic carbocycles. The molecule has 132 valence electrons. The number of para-hydroxylation sites is 1. The van der Waals surface area contributed by atoms with Gasteiger partial charge in [-0.15, -0.1) is 0 Å². The third-order valence-electron chi connectivity index (χ3n) is 4.66. The lowest BCUT2D eigenvalue weighted by molar-refractivity contribution is 0.192. The number of fused-ring (bicyclic) bond motifs is 1. The van der Waals surface area contributed by atoms with Gasteiger partial charge in [0.05, 0.1) is 5.69 Å². The van der Waals surface area contributed by atoms with Crippen molar-refractivity contribution in [2.24, 2.45) is 0 Å². The Balaban J connectivity index is 1.44. The first kappa shape index (κ1) is 16.2. The van der Waals surface area contributed by atoms with Crippen LogP contribution in [0, 0.1) is 0 Å². The molecule has 0 radical (unpaired) electrons. The molecule has 26 heavy (non-hydrogen) atoms. The zero-order valence-electron chi connectivity index (χ0n) is 14.3. The second kappa shape index (κ2) is 6.92. The van der Waals surface area contributed by atoms with E-state index in [1.54, 1.807) is 27.9 Å². The first-order chi connectivity index (χ1) is 12.7. The fourth-order valence-corrected chi connectivity index (χ4v) is 3.29. The van der Waals surface area contributed by atoms with Gasteiger partial charge in [0.1, 0.15) is 5.75 Å². The number of phenols is 1. The number of urea groups is 1. The van der Waals surface area contributed by atoms with Gasteiger partial charge in [0, 0.05) is 32.0 Å². The van der Waals surface area contributed by atoms with Crippen LogP contribution in [-0.2, 0) is 19.5 Å². The van der Waals surface area contributed by atoms with Gasteiger partial charge in [-0.05, 0) is 47.4 Å².